The normalized spacial score (nSPS) is 19.7. The maximum absolute atomic E-state index is 12.4. The van der Waals surface area contributed by atoms with Crippen molar-refractivity contribution < 1.29 is 10.0 Å². The Morgan fingerprint density at radius 1 is 0.879 bits per heavy atom. The van der Waals surface area contributed by atoms with Crippen molar-refractivity contribution in [2.75, 3.05) is 39.3 Å². The average molecular weight is 444 g/mol. The van der Waals surface area contributed by atoms with Gasteiger partial charge in [-0.15, -0.1) is 0 Å². The van der Waals surface area contributed by atoms with E-state index in [0.29, 0.717) is 19.6 Å². The number of nitrogens with zero attached hydrogens (tertiary/aromatic N) is 2. The van der Waals surface area contributed by atoms with Crippen LogP contribution in [0.15, 0.2) is 54.1 Å². The molecule has 2 aliphatic heterocycles. The summed E-state index contributed by atoms with van der Waals surface area (Å²) in [5, 5.41) is 13.9. The van der Waals surface area contributed by atoms with Crippen molar-refractivity contribution in [3.05, 3.63) is 76.4 Å². The summed E-state index contributed by atoms with van der Waals surface area (Å²) in [4.78, 5) is 14.9. The lowest BCUT2D eigenvalue weighted by Crippen LogP contribution is -2.42. The molecule has 0 unspecified atom stereocenters. The van der Waals surface area contributed by atoms with Crippen molar-refractivity contribution in [2.24, 2.45) is 5.92 Å². The minimum Gasteiger partial charge on any atom is -0.355 e. The van der Waals surface area contributed by atoms with Crippen LogP contribution in [0.2, 0.25) is 0 Å². The lowest BCUT2D eigenvalue weighted by atomic mass is 9.86. The zero-order valence-corrected chi connectivity index (χ0v) is 19.2. The quantitative estimate of drug-likeness (QED) is 0.632. The molecule has 5 rings (SSSR count). The summed E-state index contributed by atoms with van der Waals surface area (Å²) in [6.07, 6.45) is 8.07. The number of piperidine rings is 2. The topological polar surface area (TPSA) is 55.8 Å². The summed E-state index contributed by atoms with van der Waals surface area (Å²) in [5.74, 6) is 0.178. The molecule has 1 amide bonds. The second kappa shape index (κ2) is 10.0. The molecule has 0 spiro atoms. The van der Waals surface area contributed by atoms with Crippen molar-refractivity contribution in [3.63, 3.8) is 0 Å². The van der Waals surface area contributed by atoms with Gasteiger partial charge in [0.25, 0.3) is 0 Å². The van der Waals surface area contributed by atoms with Crippen molar-refractivity contribution >= 4 is 23.6 Å². The van der Waals surface area contributed by atoms with E-state index >= 15 is 0 Å². The summed E-state index contributed by atoms with van der Waals surface area (Å²) < 4.78 is 0. The molecule has 1 aliphatic carbocycles. The first-order valence-corrected chi connectivity index (χ1v) is 12.2. The summed E-state index contributed by atoms with van der Waals surface area (Å²) in [5.41, 5.74) is 8.19. The van der Waals surface area contributed by atoms with Gasteiger partial charge in [-0.05, 0) is 53.5 Å². The Kier molecular flexibility index (Phi) is 6.72. The van der Waals surface area contributed by atoms with Gasteiger partial charge in [0.15, 0.2) is 0 Å². The molecule has 2 aromatic carbocycles. The minimum absolute atomic E-state index is 0.0371. The molecule has 0 aromatic heterocycles. The molecule has 33 heavy (non-hydrogen) atoms. The van der Waals surface area contributed by atoms with Crippen molar-refractivity contribution in [1.29, 1.82) is 0 Å². The average Bonchev–Trinajstić information content (AvgIpc) is 3.02. The number of carbonyl (C=O) groups excluding carboxylic acids is 1. The second-order valence-corrected chi connectivity index (χ2v) is 9.35. The van der Waals surface area contributed by atoms with Gasteiger partial charge < -0.3 is 15.4 Å². The highest BCUT2D eigenvalue weighted by Gasteiger charge is 2.25. The van der Waals surface area contributed by atoms with Crippen molar-refractivity contribution in [2.45, 2.75) is 25.7 Å². The van der Waals surface area contributed by atoms with Crippen LogP contribution in [0.1, 0.15) is 47.9 Å². The Morgan fingerprint density at radius 2 is 1.45 bits per heavy atom. The molecule has 2 fully saturated rings. The Labute approximate surface area is 196 Å². The third kappa shape index (κ3) is 4.96. The Balaban J connectivity index is 1.23. The van der Waals surface area contributed by atoms with Crippen LogP contribution in [0.5, 0.6) is 0 Å². The van der Waals surface area contributed by atoms with E-state index in [2.05, 4.69) is 70.9 Å². The van der Waals surface area contributed by atoms with E-state index in [0.717, 1.165) is 45.3 Å². The molecular formula is C28H33N3O2. The third-order valence-corrected chi connectivity index (χ3v) is 7.29. The Morgan fingerprint density at radius 3 is 2.06 bits per heavy atom. The largest absolute Gasteiger partial charge is 0.355 e. The smallest absolute Gasteiger partial charge is 0.223 e. The summed E-state index contributed by atoms with van der Waals surface area (Å²) in [6.45, 7) is 4.80. The molecule has 2 saturated heterocycles. The summed E-state index contributed by atoms with van der Waals surface area (Å²) in [6, 6.07) is 17.4. The van der Waals surface area contributed by atoms with E-state index in [4.69, 9.17) is 0 Å². The molecule has 0 atom stereocenters. The van der Waals surface area contributed by atoms with E-state index in [-0.39, 0.29) is 11.8 Å². The number of likely N-dealkylation sites (tertiary alicyclic amines) is 1. The lowest BCUT2D eigenvalue weighted by molar-refractivity contribution is -0.136. The van der Waals surface area contributed by atoms with Crippen molar-refractivity contribution in [3.8, 4) is 0 Å². The molecule has 172 valence electrons. The lowest BCUT2D eigenvalue weighted by Gasteiger charge is -2.31. The Hall–Kier alpha value is -2.73. The van der Waals surface area contributed by atoms with Crippen LogP contribution in [0.25, 0.3) is 17.7 Å². The monoisotopic (exact) mass is 443 g/mol. The molecule has 5 heteroatoms. The Bertz CT molecular complexity index is 1000. The molecule has 0 saturated carbocycles. The molecule has 3 aliphatic rings. The third-order valence-electron chi connectivity index (χ3n) is 7.29. The fourth-order valence-corrected chi connectivity index (χ4v) is 5.35. The SMILES string of the molecule is O=C(NCCN1CCC(=C2c3ccccc3C=Cc3ccccc32)CC1)C1CCN(O)CC1. The molecule has 0 radical (unpaired) electrons. The van der Waals surface area contributed by atoms with Crippen molar-refractivity contribution in [1.82, 2.24) is 15.3 Å². The van der Waals surface area contributed by atoms with E-state index in [1.165, 1.54) is 38.5 Å². The molecule has 2 heterocycles. The van der Waals surface area contributed by atoms with Crippen LogP contribution >= 0.6 is 0 Å². The van der Waals surface area contributed by atoms with Gasteiger partial charge in [0, 0.05) is 45.2 Å². The minimum atomic E-state index is 0.0371. The highest BCUT2D eigenvalue weighted by atomic mass is 16.5. The fourth-order valence-electron chi connectivity index (χ4n) is 5.35. The zero-order valence-electron chi connectivity index (χ0n) is 19.2. The maximum Gasteiger partial charge on any atom is 0.223 e. The van der Waals surface area contributed by atoms with Gasteiger partial charge in [0.2, 0.25) is 5.91 Å². The number of benzene rings is 2. The van der Waals surface area contributed by atoms with Gasteiger partial charge in [-0.1, -0.05) is 66.3 Å². The van der Waals surface area contributed by atoms with Crippen LogP contribution < -0.4 is 5.32 Å². The first-order valence-electron chi connectivity index (χ1n) is 12.2. The van der Waals surface area contributed by atoms with Gasteiger partial charge >= 0.3 is 0 Å². The number of hydrogen-bond acceptors (Lipinski definition) is 4. The standard InChI is InChI=1S/C28H33N3O2/c32-28(24-13-18-31(33)19-14-24)29-15-20-30-16-11-23(12-17-30)27-25-7-3-1-5-21(25)9-10-22-6-2-4-8-26(22)27/h1-10,24,33H,11-20H2,(H,29,32). The molecular weight excluding hydrogens is 410 g/mol. The maximum atomic E-state index is 12.4. The molecule has 5 nitrogen and oxygen atoms in total. The number of amides is 1. The number of rotatable bonds is 4. The number of hydroxylamine groups is 2. The highest BCUT2D eigenvalue weighted by Crippen LogP contribution is 2.38. The number of carbonyl (C=O) groups is 1. The number of hydrogen-bond donors (Lipinski definition) is 2. The fraction of sp³-hybridized carbons (Fsp3) is 0.393. The first-order chi connectivity index (χ1) is 16.2. The van der Waals surface area contributed by atoms with Gasteiger partial charge in [-0.2, -0.15) is 5.06 Å². The van der Waals surface area contributed by atoms with Gasteiger partial charge in [0.05, 0.1) is 0 Å². The van der Waals surface area contributed by atoms with Gasteiger partial charge in [0.1, 0.15) is 0 Å². The predicted octanol–water partition coefficient (Wildman–Crippen LogP) is 4.29. The van der Waals surface area contributed by atoms with E-state index in [9.17, 15) is 10.0 Å². The van der Waals surface area contributed by atoms with E-state index < -0.39 is 0 Å². The van der Waals surface area contributed by atoms with E-state index in [1.807, 2.05) is 0 Å². The van der Waals surface area contributed by atoms with Crippen LogP contribution in [0, 0.1) is 5.92 Å². The van der Waals surface area contributed by atoms with Crippen LogP contribution in [-0.4, -0.2) is 60.3 Å². The summed E-state index contributed by atoms with van der Waals surface area (Å²) in [7, 11) is 0. The highest BCUT2D eigenvalue weighted by molar-refractivity contribution is 5.94. The van der Waals surface area contributed by atoms with Crippen LogP contribution in [0.4, 0.5) is 0 Å². The van der Waals surface area contributed by atoms with E-state index in [1.54, 1.807) is 0 Å². The second-order valence-electron chi connectivity index (χ2n) is 9.35. The van der Waals surface area contributed by atoms with Crippen LogP contribution in [0.3, 0.4) is 0 Å². The van der Waals surface area contributed by atoms with Gasteiger partial charge in [-0.3, -0.25) is 4.79 Å². The number of nitrogens with one attached hydrogen (secondary N) is 1. The number of fused-ring (bicyclic) bond motifs is 2. The van der Waals surface area contributed by atoms with Crippen LogP contribution in [-0.2, 0) is 4.79 Å². The summed E-state index contributed by atoms with van der Waals surface area (Å²) >= 11 is 0. The zero-order chi connectivity index (χ0) is 22.6. The molecule has 0 bridgehead atoms. The first kappa shape index (κ1) is 22.1. The predicted molar refractivity (Wildman–Crippen MR) is 133 cm³/mol. The van der Waals surface area contributed by atoms with Gasteiger partial charge in [-0.25, -0.2) is 0 Å². The molecule has 2 N–H and O–H groups in total. The molecule has 2 aromatic rings.